The molecule has 0 aliphatic heterocycles. The highest BCUT2D eigenvalue weighted by Crippen LogP contribution is 2.39. The van der Waals surface area contributed by atoms with Gasteiger partial charge in [0.1, 0.15) is 40.8 Å². The van der Waals surface area contributed by atoms with E-state index in [4.69, 9.17) is 9.15 Å². The summed E-state index contributed by atoms with van der Waals surface area (Å²) in [4.78, 5) is 13.3. The second-order valence-electron chi connectivity index (χ2n) is 7.94. The average Bonchev–Trinajstić information content (AvgIpc) is 2.76. The topological polar surface area (TPSA) is 201 Å². The third-order valence-electron chi connectivity index (χ3n) is 5.76. The van der Waals surface area contributed by atoms with Gasteiger partial charge in [0.25, 0.3) is 0 Å². The van der Waals surface area contributed by atoms with Crippen LogP contribution in [0.3, 0.4) is 0 Å². The van der Waals surface area contributed by atoms with Crippen LogP contribution < -0.4 is 10.2 Å². The van der Waals surface area contributed by atoms with E-state index < -0.39 is 65.4 Å². The minimum atomic E-state index is -1.67. The fourth-order valence-corrected chi connectivity index (χ4v) is 3.96. The number of aromatic hydroxyl groups is 4. The standard InChI is InChI=1S/C22H22O11/c23-7-9-4-15(18(29)20(31)17(9)28)33-22-19(30)16-13(27)5-10(24)6-14(16)32-21(22)8-1-2-11(25)12(26)3-8/h1-3,5-6,9,15,17-18,20,23-29,31H,4,7H2/t9?,15-,17-,18?,20+/m0/s1. The van der Waals surface area contributed by atoms with Gasteiger partial charge in [0.2, 0.25) is 11.2 Å². The number of rotatable bonds is 4. The molecule has 1 aliphatic carbocycles. The molecule has 3 aromatic rings. The number of ether oxygens (including phenoxy) is 1. The Morgan fingerprint density at radius 2 is 1.64 bits per heavy atom. The number of phenolic OH excluding ortho intramolecular Hbond substituents is 4. The Hall–Kier alpha value is -3.51. The lowest BCUT2D eigenvalue weighted by Gasteiger charge is -2.39. The number of hydrogen-bond acceptors (Lipinski definition) is 11. The van der Waals surface area contributed by atoms with Crippen molar-refractivity contribution in [2.45, 2.75) is 30.8 Å². The Labute approximate surface area is 185 Å². The maximum Gasteiger partial charge on any atom is 0.239 e. The summed E-state index contributed by atoms with van der Waals surface area (Å²) < 4.78 is 11.5. The molecule has 176 valence electrons. The lowest BCUT2D eigenvalue weighted by atomic mass is 9.81. The molecule has 0 spiro atoms. The molecule has 0 amide bonds. The molecule has 0 radical (unpaired) electrons. The molecule has 4 rings (SSSR count). The van der Waals surface area contributed by atoms with Crippen molar-refractivity contribution in [3.05, 3.63) is 40.6 Å². The molecule has 1 saturated carbocycles. The molecule has 11 nitrogen and oxygen atoms in total. The highest BCUT2D eigenvalue weighted by Gasteiger charge is 2.44. The summed E-state index contributed by atoms with van der Waals surface area (Å²) >= 11 is 0. The summed E-state index contributed by atoms with van der Waals surface area (Å²) in [5.41, 5.74) is -1.02. The van der Waals surface area contributed by atoms with Crippen LogP contribution >= 0.6 is 0 Å². The van der Waals surface area contributed by atoms with Crippen molar-refractivity contribution in [3.8, 4) is 40.1 Å². The highest BCUT2D eigenvalue weighted by atomic mass is 16.5. The van der Waals surface area contributed by atoms with E-state index >= 15 is 0 Å². The summed E-state index contributed by atoms with van der Waals surface area (Å²) in [5.74, 6) is -3.58. The summed E-state index contributed by atoms with van der Waals surface area (Å²) in [6, 6.07) is 5.53. The first-order chi connectivity index (χ1) is 15.6. The van der Waals surface area contributed by atoms with Crippen molar-refractivity contribution in [1.82, 2.24) is 0 Å². The number of fused-ring (bicyclic) bond motifs is 1. The van der Waals surface area contributed by atoms with E-state index in [2.05, 4.69) is 0 Å². The number of hydrogen-bond donors (Lipinski definition) is 8. The van der Waals surface area contributed by atoms with E-state index in [0.717, 1.165) is 24.3 Å². The minimum Gasteiger partial charge on any atom is -0.508 e. The molecule has 0 saturated heterocycles. The van der Waals surface area contributed by atoms with Crippen LogP contribution in [0.1, 0.15) is 6.42 Å². The second kappa shape index (κ2) is 8.45. The molecule has 2 unspecified atom stereocenters. The van der Waals surface area contributed by atoms with Gasteiger partial charge in [-0.2, -0.15) is 0 Å². The third-order valence-corrected chi connectivity index (χ3v) is 5.76. The largest absolute Gasteiger partial charge is 0.508 e. The van der Waals surface area contributed by atoms with Crippen LogP contribution in [0.2, 0.25) is 0 Å². The zero-order valence-electron chi connectivity index (χ0n) is 17.0. The van der Waals surface area contributed by atoms with Gasteiger partial charge in [-0.05, 0) is 24.6 Å². The van der Waals surface area contributed by atoms with Crippen molar-refractivity contribution < 1.29 is 50.0 Å². The highest BCUT2D eigenvalue weighted by molar-refractivity contribution is 5.88. The molecule has 1 aromatic heterocycles. The Morgan fingerprint density at radius 1 is 0.909 bits per heavy atom. The Bertz CT molecular complexity index is 1250. The quantitative estimate of drug-likeness (QED) is 0.245. The van der Waals surface area contributed by atoms with Crippen LogP contribution in [0.25, 0.3) is 22.3 Å². The predicted octanol–water partition coefficient (Wildman–Crippen LogP) is 0.125. The van der Waals surface area contributed by atoms with Crippen molar-refractivity contribution in [2.75, 3.05) is 6.61 Å². The van der Waals surface area contributed by atoms with E-state index in [1.54, 1.807) is 0 Å². The van der Waals surface area contributed by atoms with Gasteiger partial charge in [0, 0.05) is 30.2 Å². The van der Waals surface area contributed by atoms with Crippen LogP contribution in [0.15, 0.2) is 39.5 Å². The third kappa shape index (κ3) is 3.91. The minimum absolute atomic E-state index is 0.0757. The van der Waals surface area contributed by atoms with Crippen molar-refractivity contribution >= 4 is 11.0 Å². The summed E-state index contributed by atoms with van der Waals surface area (Å²) in [5, 5.41) is 79.3. The smallest absolute Gasteiger partial charge is 0.239 e. The molecule has 5 atom stereocenters. The first-order valence-electron chi connectivity index (χ1n) is 9.99. The fraction of sp³-hybridized carbons (Fsp3) is 0.318. The predicted molar refractivity (Wildman–Crippen MR) is 112 cm³/mol. The van der Waals surface area contributed by atoms with Crippen molar-refractivity contribution in [2.24, 2.45) is 5.92 Å². The lowest BCUT2D eigenvalue weighted by molar-refractivity contribution is -0.157. The van der Waals surface area contributed by atoms with Gasteiger partial charge >= 0.3 is 0 Å². The Kier molecular flexibility index (Phi) is 5.80. The van der Waals surface area contributed by atoms with Crippen molar-refractivity contribution in [1.29, 1.82) is 0 Å². The molecule has 0 bridgehead atoms. The maximum atomic E-state index is 13.3. The number of aliphatic hydroxyl groups excluding tert-OH is 4. The Morgan fingerprint density at radius 3 is 2.30 bits per heavy atom. The van der Waals surface area contributed by atoms with E-state index in [0.29, 0.717) is 0 Å². The van der Waals surface area contributed by atoms with E-state index in [1.165, 1.54) is 6.07 Å². The molecule has 2 aromatic carbocycles. The monoisotopic (exact) mass is 462 g/mol. The van der Waals surface area contributed by atoms with Gasteiger partial charge in [-0.3, -0.25) is 4.79 Å². The maximum absolute atomic E-state index is 13.3. The molecule has 1 heterocycles. The van der Waals surface area contributed by atoms with Crippen LogP contribution in [0.4, 0.5) is 0 Å². The van der Waals surface area contributed by atoms with Crippen LogP contribution in [-0.2, 0) is 0 Å². The average molecular weight is 462 g/mol. The van der Waals surface area contributed by atoms with Gasteiger partial charge in [-0.1, -0.05) is 0 Å². The molecular formula is C22H22O11. The first kappa shape index (κ1) is 22.7. The first-order valence-corrected chi connectivity index (χ1v) is 9.99. The zero-order valence-corrected chi connectivity index (χ0v) is 17.0. The normalized spacial score (nSPS) is 25.3. The lowest BCUT2D eigenvalue weighted by Crippen LogP contribution is -2.56. The fourth-order valence-electron chi connectivity index (χ4n) is 3.96. The molecule has 1 fully saturated rings. The Balaban J connectivity index is 1.91. The van der Waals surface area contributed by atoms with Crippen LogP contribution in [0, 0.1) is 5.92 Å². The van der Waals surface area contributed by atoms with Gasteiger partial charge in [-0.15, -0.1) is 0 Å². The zero-order chi connectivity index (χ0) is 24.0. The number of benzene rings is 2. The summed E-state index contributed by atoms with van der Waals surface area (Å²) in [6.07, 6.45) is -6.11. The molecule has 1 aliphatic rings. The summed E-state index contributed by atoms with van der Waals surface area (Å²) in [7, 11) is 0. The van der Waals surface area contributed by atoms with Gasteiger partial charge < -0.3 is 50.0 Å². The van der Waals surface area contributed by atoms with Crippen LogP contribution in [0.5, 0.6) is 28.7 Å². The SMILES string of the molecule is O=c1c(O[C@H]2CC(CO)[C@H](O)[C@@H](O)C2O)c(-c2ccc(O)c(O)c2)oc2cc(O)cc(O)c12. The van der Waals surface area contributed by atoms with E-state index in [1.807, 2.05) is 0 Å². The molecular weight excluding hydrogens is 440 g/mol. The number of aliphatic hydroxyl groups is 4. The van der Waals surface area contributed by atoms with Gasteiger partial charge in [-0.25, -0.2) is 0 Å². The second-order valence-corrected chi connectivity index (χ2v) is 7.94. The number of phenols is 4. The van der Waals surface area contributed by atoms with Gasteiger partial charge in [0.15, 0.2) is 17.3 Å². The summed E-state index contributed by atoms with van der Waals surface area (Å²) in [6.45, 7) is -0.518. The van der Waals surface area contributed by atoms with E-state index in [9.17, 15) is 45.6 Å². The molecule has 33 heavy (non-hydrogen) atoms. The molecule has 11 heteroatoms. The van der Waals surface area contributed by atoms with E-state index in [-0.39, 0.29) is 34.5 Å². The van der Waals surface area contributed by atoms with Crippen molar-refractivity contribution in [3.63, 3.8) is 0 Å². The van der Waals surface area contributed by atoms with Crippen LogP contribution in [-0.4, -0.2) is 71.9 Å². The van der Waals surface area contributed by atoms with Gasteiger partial charge in [0.05, 0.1) is 6.10 Å². The molecule has 8 N–H and O–H groups in total.